The van der Waals surface area contributed by atoms with Crippen LogP contribution >= 0.6 is 0 Å². The summed E-state index contributed by atoms with van der Waals surface area (Å²) in [6.07, 6.45) is 1.72. The van der Waals surface area contributed by atoms with E-state index in [0.717, 1.165) is 15.4 Å². The van der Waals surface area contributed by atoms with Gasteiger partial charge in [0.2, 0.25) is 21.9 Å². The van der Waals surface area contributed by atoms with Crippen LogP contribution in [-0.2, 0) is 14.8 Å². The number of methoxy groups -OCH3 is 1. The minimum absolute atomic E-state index is 0.110. The van der Waals surface area contributed by atoms with Gasteiger partial charge in [-0.15, -0.1) is 0 Å². The van der Waals surface area contributed by atoms with E-state index >= 15 is 0 Å². The molecule has 1 amide bonds. The fraction of sp³-hybridized carbons (Fsp3) is 0.241. The molecular weight excluding hydrogens is 533 g/mol. The molecule has 0 saturated carbocycles. The number of carbonyl (C=O) groups is 1. The first-order valence-corrected chi connectivity index (χ1v) is 14.0. The van der Waals surface area contributed by atoms with Crippen molar-refractivity contribution in [3.63, 3.8) is 0 Å². The quantitative estimate of drug-likeness (QED) is 0.293. The van der Waals surface area contributed by atoms with E-state index in [4.69, 9.17) is 4.74 Å². The lowest BCUT2D eigenvalue weighted by atomic mass is 10.1. The van der Waals surface area contributed by atoms with Crippen molar-refractivity contribution >= 4 is 21.9 Å². The van der Waals surface area contributed by atoms with Crippen molar-refractivity contribution in [1.82, 2.24) is 18.8 Å². The highest BCUT2D eigenvalue weighted by molar-refractivity contribution is 7.89. The number of sulfonamides is 1. The number of nitrogens with one attached hydrogen (secondary N) is 1. The zero-order valence-corrected chi connectivity index (χ0v) is 23.7. The lowest BCUT2D eigenvalue weighted by molar-refractivity contribution is -0.116. The van der Waals surface area contributed by atoms with Crippen LogP contribution in [0.2, 0.25) is 0 Å². The summed E-state index contributed by atoms with van der Waals surface area (Å²) < 4.78 is 48.6. The Bertz CT molecular complexity index is 1550. The summed E-state index contributed by atoms with van der Waals surface area (Å²) >= 11 is 0. The van der Waals surface area contributed by atoms with E-state index in [2.05, 4.69) is 10.3 Å². The number of aryl methyl sites for hydroxylation is 1. The summed E-state index contributed by atoms with van der Waals surface area (Å²) in [7, 11) is 1.29. The fourth-order valence-corrected chi connectivity index (χ4v) is 5.33. The first-order valence-electron chi connectivity index (χ1n) is 12.6. The van der Waals surface area contributed by atoms with Crippen LogP contribution in [0.4, 0.5) is 10.3 Å². The molecule has 0 spiro atoms. The van der Waals surface area contributed by atoms with Gasteiger partial charge < -0.3 is 9.64 Å². The van der Waals surface area contributed by atoms with E-state index in [-0.39, 0.29) is 17.4 Å². The normalized spacial score (nSPS) is 11.7. The third-order valence-electron chi connectivity index (χ3n) is 6.22. The van der Waals surface area contributed by atoms with Gasteiger partial charge >= 0.3 is 0 Å². The number of aromatic nitrogens is 2. The molecule has 1 aromatic heterocycles. The van der Waals surface area contributed by atoms with Crippen LogP contribution in [0, 0.1) is 12.7 Å². The average Bonchev–Trinajstić information content (AvgIpc) is 3.35. The molecule has 40 heavy (non-hydrogen) atoms. The van der Waals surface area contributed by atoms with Crippen LogP contribution in [-0.4, -0.2) is 73.9 Å². The number of rotatable bonds is 11. The number of halogens is 1. The minimum atomic E-state index is -3.95. The second-order valence-corrected chi connectivity index (χ2v) is 11.5. The van der Waals surface area contributed by atoms with Gasteiger partial charge in [-0.3, -0.25) is 14.7 Å². The standard InChI is InChI=1S/C29H32FN5O4S/c1-21-5-15-26(16-6-21)40(37,38)34(18-17-33(2)3)20-28(36)32-29-31-27(22-7-13-25(39-4)14-8-22)19-35(29)24-11-9-23(30)10-12-24/h5-16,19H,17-18,20H2,1-4H3,(H,31,32,36). The number of anilines is 1. The Kier molecular flexibility index (Phi) is 8.98. The van der Waals surface area contributed by atoms with Crippen molar-refractivity contribution in [2.45, 2.75) is 11.8 Å². The topological polar surface area (TPSA) is 96.8 Å². The van der Waals surface area contributed by atoms with Crippen molar-refractivity contribution in [1.29, 1.82) is 0 Å². The summed E-state index contributed by atoms with van der Waals surface area (Å²) in [6, 6.07) is 19.5. The second kappa shape index (κ2) is 12.4. The predicted octanol–water partition coefficient (Wildman–Crippen LogP) is 4.19. The van der Waals surface area contributed by atoms with Gasteiger partial charge in [-0.1, -0.05) is 17.7 Å². The van der Waals surface area contributed by atoms with Gasteiger partial charge in [0.05, 0.1) is 24.2 Å². The smallest absolute Gasteiger partial charge is 0.243 e. The molecule has 0 aliphatic carbocycles. The number of nitrogens with zero attached hydrogens (tertiary/aromatic N) is 4. The fourth-order valence-electron chi connectivity index (χ4n) is 3.95. The van der Waals surface area contributed by atoms with Crippen molar-refractivity contribution in [2.75, 3.05) is 46.2 Å². The maximum Gasteiger partial charge on any atom is 0.243 e. The third kappa shape index (κ3) is 6.92. The monoisotopic (exact) mass is 565 g/mol. The summed E-state index contributed by atoms with van der Waals surface area (Å²) in [4.78, 5) is 19.9. The zero-order valence-electron chi connectivity index (χ0n) is 22.8. The van der Waals surface area contributed by atoms with E-state index in [1.54, 1.807) is 54.3 Å². The number of carbonyl (C=O) groups excluding carboxylic acids is 1. The Morgan fingerprint density at radius 2 is 1.62 bits per heavy atom. The summed E-state index contributed by atoms with van der Waals surface area (Å²) in [5, 5.41) is 2.76. The van der Waals surface area contributed by atoms with E-state index in [1.807, 2.05) is 38.1 Å². The molecule has 210 valence electrons. The predicted molar refractivity (Wildman–Crippen MR) is 153 cm³/mol. The van der Waals surface area contributed by atoms with E-state index in [1.165, 1.54) is 24.3 Å². The van der Waals surface area contributed by atoms with Gasteiger partial charge in [0.15, 0.2) is 0 Å². The molecule has 11 heteroatoms. The summed E-state index contributed by atoms with van der Waals surface area (Å²) in [5.74, 6) is -0.113. The van der Waals surface area contributed by atoms with E-state index in [9.17, 15) is 17.6 Å². The van der Waals surface area contributed by atoms with Crippen LogP contribution in [0.15, 0.2) is 83.9 Å². The number of likely N-dealkylation sites (N-methyl/N-ethyl adjacent to an activating group) is 1. The highest BCUT2D eigenvalue weighted by atomic mass is 32.2. The van der Waals surface area contributed by atoms with Gasteiger partial charge in [-0.25, -0.2) is 17.8 Å². The molecule has 1 N–H and O–H groups in total. The number of hydrogen-bond acceptors (Lipinski definition) is 6. The molecule has 1 heterocycles. The van der Waals surface area contributed by atoms with Crippen LogP contribution < -0.4 is 10.1 Å². The Labute approximate surface area is 233 Å². The van der Waals surface area contributed by atoms with E-state index < -0.39 is 28.3 Å². The first kappa shape index (κ1) is 28.9. The van der Waals surface area contributed by atoms with Crippen LogP contribution in [0.25, 0.3) is 16.9 Å². The largest absolute Gasteiger partial charge is 0.497 e. The number of ether oxygens (including phenoxy) is 1. The maximum absolute atomic E-state index is 13.6. The lowest BCUT2D eigenvalue weighted by Gasteiger charge is -2.23. The lowest BCUT2D eigenvalue weighted by Crippen LogP contribution is -2.41. The molecule has 0 atom stereocenters. The maximum atomic E-state index is 13.6. The SMILES string of the molecule is COc1ccc(-c2cn(-c3ccc(F)cc3)c(NC(=O)CN(CCN(C)C)S(=O)(=O)c3ccc(C)cc3)n2)cc1. The first-order chi connectivity index (χ1) is 19.1. The van der Waals surface area contributed by atoms with Crippen molar-refractivity contribution < 1.29 is 22.3 Å². The Morgan fingerprint density at radius 1 is 0.975 bits per heavy atom. The molecule has 0 saturated heterocycles. The second-order valence-electron chi connectivity index (χ2n) is 9.53. The molecule has 4 aromatic rings. The number of amides is 1. The van der Waals surface area contributed by atoms with E-state index in [0.29, 0.717) is 23.7 Å². The van der Waals surface area contributed by atoms with Crippen LogP contribution in [0.1, 0.15) is 5.56 Å². The third-order valence-corrected chi connectivity index (χ3v) is 8.08. The van der Waals surface area contributed by atoms with Gasteiger partial charge in [-0.2, -0.15) is 4.31 Å². The highest BCUT2D eigenvalue weighted by Gasteiger charge is 2.27. The van der Waals surface area contributed by atoms with Gasteiger partial charge in [0, 0.05) is 30.5 Å². The molecule has 3 aromatic carbocycles. The van der Waals surface area contributed by atoms with Gasteiger partial charge in [0.1, 0.15) is 11.6 Å². The summed E-state index contributed by atoms with van der Waals surface area (Å²) in [5.41, 5.74) is 2.82. The van der Waals surface area contributed by atoms with Crippen LogP contribution in [0.3, 0.4) is 0 Å². The Morgan fingerprint density at radius 3 is 2.23 bits per heavy atom. The van der Waals surface area contributed by atoms with Crippen molar-refractivity contribution in [3.8, 4) is 22.7 Å². The molecule has 0 radical (unpaired) electrons. The number of hydrogen-bond donors (Lipinski definition) is 1. The Balaban J connectivity index is 1.64. The molecule has 0 unspecified atom stereocenters. The minimum Gasteiger partial charge on any atom is -0.497 e. The summed E-state index contributed by atoms with van der Waals surface area (Å²) in [6.45, 7) is 1.99. The van der Waals surface area contributed by atoms with Gasteiger partial charge in [0.25, 0.3) is 0 Å². The number of benzene rings is 3. The molecular formula is C29H32FN5O4S. The molecule has 0 aliphatic rings. The highest BCUT2D eigenvalue weighted by Crippen LogP contribution is 2.26. The average molecular weight is 566 g/mol. The molecule has 0 fully saturated rings. The molecule has 0 bridgehead atoms. The molecule has 9 nitrogen and oxygen atoms in total. The molecule has 4 rings (SSSR count). The molecule has 0 aliphatic heterocycles. The van der Waals surface area contributed by atoms with Gasteiger partial charge in [-0.05, 0) is 81.7 Å². The van der Waals surface area contributed by atoms with Crippen molar-refractivity contribution in [3.05, 3.63) is 90.4 Å². The zero-order chi connectivity index (χ0) is 28.9. The van der Waals surface area contributed by atoms with Crippen LogP contribution in [0.5, 0.6) is 5.75 Å². The Hall–Kier alpha value is -4.06. The number of imidazole rings is 1. The van der Waals surface area contributed by atoms with Crippen molar-refractivity contribution in [2.24, 2.45) is 0 Å².